The molecule has 188 valence electrons. The predicted octanol–water partition coefficient (Wildman–Crippen LogP) is 7.02. The van der Waals surface area contributed by atoms with E-state index in [4.69, 9.17) is 9.47 Å². The van der Waals surface area contributed by atoms with Gasteiger partial charge in [-0.3, -0.25) is 15.1 Å². The number of methoxy groups -OCH3 is 2. The molecule has 2 aliphatic rings. The zero-order valence-electron chi connectivity index (χ0n) is 20.6. The molecule has 0 amide bonds. The lowest BCUT2D eigenvalue weighted by Gasteiger charge is -2.42. The maximum atomic E-state index is 13.6. The Labute approximate surface area is 224 Å². The van der Waals surface area contributed by atoms with Crippen LogP contribution in [0.25, 0.3) is 5.76 Å². The normalized spacial score (nSPS) is 19.0. The highest BCUT2D eigenvalue weighted by molar-refractivity contribution is 9.10. The average Bonchev–Trinajstić information content (AvgIpc) is 2.93. The van der Waals surface area contributed by atoms with Crippen LogP contribution in [0.5, 0.6) is 11.5 Å². The molecule has 2 N–H and O–H groups in total. The van der Waals surface area contributed by atoms with Gasteiger partial charge in [0.1, 0.15) is 23.1 Å². The summed E-state index contributed by atoms with van der Waals surface area (Å²) in [6, 6.07) is 22.2. The fraction of sp³-hybridized carbons (Fsp3) is 0.200. The zero-order chi connectivity index (χ0) is 26.1. The number of nitrogens with zero attached hydrogens (tertiary/aromatic N) is 1. The van der Waals surface area contributed by atoms with Crippen LogP contribution in [0.4, 0.5) is 5.69 Å². The summed E-state index contributed by atoms with van der Waals surface area (Å²) >= 11 is 3.50. The number of Topliss-reactive ketones (excluding diaryl/α,β-unsaturated/α-hetero) is 1. The van der Waals surface area contributed by atoms with E-state index in [-0.39, 0.29) is 17.4 Å². The molecule has 3 aromatic carbocycles. The van der Waals surface area contributed by atoms with Gasteiger partial charge in [0.2, 0.25) is 0 Å². The first-order valence-electron chi connectivity index (χ1n) is 12.1. The number of aliphatic hydroxyl groups excluding tert-OH is 1. The summed E-state index contributed by atoms with van der Waals surface area (Å²) in [4.78, 5) is 15.4. The molecular formula is C30H27BrN2O4. The molecule has 5 rings (SSSR count). The van der Waals surface area contributed by atoms with Crippen molar-refractivity contribution in [3.8, 4) is 11.5 Å². The van der Waals surface area contributed by atoms with Crippen molar-refractivity contribution in [2.24, 2.45) is 0 Å². The smallest absolute Gasteiger partial charge is 0.161 e. The van der Waals surface area contributed by atoms with Crippen molar-refractivity contribution in [1.82, 2.24) is 0 Å². The van der Waals surface area contributed by atoms with E-state index in [1.54, 1.807) is 49.5 Å². The molecule has 1 heterocycles. The number of hydrogen-bond donors (Lipinski definition) is 2. The Morgan fingerprint density at radius 3 is 2.41 bits per heavy atom. The highest BCUT2D eigenvalue weighted by Gasteiger charge is 2.43. The molecule has 3 aromatic rings. The molecular weight excluding hydrogens is 532 g/mol. The fourth-order valence-electron chi connectivity index (χ4n) is 5.17. The lowest BCUT2D eigenvalue weighted by molar-refractivity contribution is -0.116. The van der Waals surface area contributed by atoms with Gasteiger partial charge in [0.25, 0.3) is 0 Å². The number of carbonyl (C=O) groups excluding carboxylic acids is 1. The van der Waals surface area contributed by atoms with Crippen molar-refractivity contribution in [3.63, 3.8) is 0 Å². The van der Waals surface area contributed by atoms with Gasteiger partial charge in [0, 0.05) is 45.3 Å². The number of amidine groups is 1. The van der Waals surface area contributed by atoms with Crippen LogP contribution in [-0.4, -0.2) is 30.9 Å². The highest BCUT2D eigenvalue weighted by atomic mass is 79.9. The van der Waals surface area contributed by atoms with E-state index in [1.165, 1.54) is 0 Å². The van der Waals surface area contributed by atoms with E-state index in [0.717, 1.165) is 15.7 Å². The van der Waals surface area contributed by atoms with Crippen LogP contribution in [0.3, 0.4) is 0 Å². The van der Waals surface area contributed by atoms with Gasteiger partial charge in [-0.25, -0.2) is 0 Å². The number of ketones is 1. The second-order valence-corrected chi connectivity index (χ2v) is 9.89. The van der Waals surface area contributed by atoms with E-state index >= 15 is 0 Å². The molecule has 0 spiro atoms. The molecule has 0 aromatic heterocycles. The minimum Gasteiger partial charge on any atom is -0.507 e. The van der Waals surface area contributed by atoms with Crippen LogP contribution in [0.1, 0.15) is 36.3 Å². The number of anilines is 1. The summed E-state index contributed by atoms with van der Waals surface area (Å²) in [7, 11) is 3.15. The Morgan fingerprint density at radius 2 is 1.73 bits per heavy atom. The van der Waals surface area contributed by atoms with E-state index in [9.17, 15) is 15.3 Å². The van der Waals surface area contributed by atoms with Gasteiger partial charge in [0.05, 0.1) is 19.9 Å². The number of hydrogen-bond acceptors (Lipinski definition) is 5. The van der Waals surface area contributed by atoms with E-state index in [2.05, 4.69) is 15.9 Å². The molecule has 0 radical (unpaired) electrons. The molecule has 37 heavy (non-hydrogen) atoms. The van der Waals surface area contributed by atoms with Gasteiger partial charge in [-0.1, -0.05) is 58.4 Å². The Balaban J connectivity index is 1.85. The minimum absolute atomic E-state index is 0.0203. The summed E-state index contributed by atoms with van der Waals surface area (Å²) in [5.74, 6) is 0.629. The van der Waals surface area contributed by atoms with Gasteiger partial charge in [-0.05, 0) is 42.7 Å². The van der Waals surface area contributed by atoms with Crippen LogP contribution in [0, 0.1) is 5.41 Å². The van der Waals surface area contributed by atoms with Crippen molar-refractivity contribution < 1.29 is 19.4 Å². The first-order valence-corrected chi connectivity index (χ1v) is 12.8. The number of benzene rings is 3. The third-order valence-corrected chi connectivity index (χ3v) is 7.42. The second kappa shape index (κ2) is 10.3. The quantitative estimate of drug-likeness (QED) is 0.328. The molecule has 1 aliphatic carbocycles. The SMILES string of the molecule is COc1ccc(OC)c(N2C(=N)C(=C(O)c3ccccc3)[C@H](c3ccc(Br)cc3)C3=C2CCCC3=O)c1. The number of nitrogens with one attached hydrogen (secondary N) is 1. The number of carbonyl (C=O) groups is 1. The Hall–Kier alpha value is -3.84. The van der Waals surface area contributed by atoms with Crippen molar-refractivity contribution in [1.29, 1.82) is 5.41 Å². The second-order valence-electron chi connectivity index (χ2n) is 8.97. The molecule has 0 saturated heterocycles. The summed E-state index contributed by atoms with van der Waals surface area (Å²) < 4.78 is 12.1. The molecule has 1 aliphatic heterocycles. The maximum absolute atomic E-state index is 13.6. The lowest BCUT2D eigenvalue weighted by atomic mass is 9.73. The van der Waals surface area contributed by atoms with E-state index in [1.807, 2.05) is 42.5 Å². The van der Waals surface area contributed by atoms with E-state index < -0.39 is 5.92 Å². The first-order chi connectivity index (χ1) is 17.9. The largest absolute Gasteiger partial charge is 0.507 e. The highest BCUT2D eigenvalue weighted by Crippen LogP contribution is 2.49. The summed E-state index contributed by atoms with van der Waals surface area (Å²) in [6.45, 7) is 0. The van der Waals surface area contributed by atoms with Crippen molar-refractivity contribution >= 4 is 39.0 Å². The Morgan fingerprint density at radius 1 is 1.00 bits per heavy atom. The molecule has 7 heteroatoms. The van der Waals surface area contributed by atoms with Gasteiger partial charge >= 0.3 is 0 Å². The molecule has 0 fully saturated rings. The van der Waals surface area contributed by atoms with Gasteiger partial charge in [-0.15, -0.1) is 0 Å². The zero-order valence-corrected chi connectivity index (χ0v) is 22.2. The lowest BCUT2D eigenvalue weighted by Crippen LogP contribution is -2.42. The minimum atomic E-state index is -0.587. The molecule has 0 unspecified atom stereocenters. The Bertz CT molecular complexity index is 1430. The van der Waals surface area contributed by atoms with Crippen LogP contribution < -0.4 is 14.4 Å². The van der Waals surface area contributed by atoms with Crippen LogP contribution in [0.15, 0.2) is 94.1 Å². The third kappa shape index (κ3) is 4.44. The van der Waals surface area contributed by atoms with Crippen LogP contribution >= 0.6 is 15.9 Å². The molecule has 6 nitrogen and oxygen atoms in total. The van der Waals surface area contributed by atoms with Crippen molar-refractivity contribution in [2.45, 2.75) is 25.2 Å². The fourth-order valence-corrected chi connectivity index (χ4v) is 5.43. The topological polar surface area (TPSA) is 82.8 Å². The van der Waals surface area contributed by atoms with Crippen LogP contribution in [0.2, 0.25) is 0 Å². The first kappa shape index (κ1) is 24.8. The van der Waals surface area contributed by atoms with Gasteiger partial charge in [-0.2, -0.15) is 0 Å². The summed E-state index contributed by atoms with van der Waals surface area (Å²) in [6.07, 6.45) is 1.72. The standard InChI is InChI=1S/C30H27BrN2O4/c1-36-21-15-16-25(37-2)23(17-21)33-22-9-6-10-24(34)27(22)26(18-11-13-20(31)14-12-18)28(30(33)32)29(35)19-7-4-3-5-8-19/h3-5,7-8,11-17,26,32,35H,6,9-10H2,1-2H3/t26-/m1/s1. The summed E-state index contributed by atoms with van der Waals surface area (Å²) in [5, 5.41) is 21.2. The molecule has 0 saturated carbocycles. The third-order valence-electron chi connectivity index (χ3n) is 6.89. The number of halogens is 1. The number of rotatable bonds is 5. The predicted molar refractivity (Wildman–Crippen MR) is 149 cm³/mol. The van der Waals surface area contributed by atoms with Crippen molar-refractivity contribution in [3.05, 3.63) is 105 Å². The monoisotopic (exact) mass is 558 g/mol. The molecule has 0 bridgehead atoms. The summed E-state index contributed by atoms with van der Waals surface area (Å²) in [5.41, 5.74) is 3.73. The maximum Gasteiger partial charge on any atom is 0.161 e. The number of ether oxygens (including phenoxy) is 2. The van der Waals surface area contributed by atoms with E-state index in [0.29, 0.717) is 53.2 Å². The number of allylic oxidation sites excluding steroid dienone is 2. The van der Waals surface area contributed by atoms with Gasteiger partial charge < -0.3 is 14.6 Å². The van der Waals surface area contributed by atoms with Gasteiger partial charge in [0.15, 0.2) is 5.78 Å². The van der Waals surface area contributed by atoms with Crippen LogP contribution in [-0.2, 0) is 4.79 Å². The number of aliphatic hydroxyl groups is 1. The molecule has 1 atom stereocenters. The average molecular weight is 559 g/mol. The Kier molecular flexibility index (Phi) is 6.89. The van der Waals surface area contributed by atoms with Crippen molar-refractivity contribution in [2.75, 3.05) is 19.1 Å².